The number of thiophene rings is 1. The van der Waals surface area contributed by atoms with Crippen LogP contribution in [0.4, 0.5) is 0 Å². The van der Waals surface area contributed by atoms with Crippen LogP contribution in [0.25, 0.3) is 0 Å². The van der Waals surface area contributed by atoms with E-state index >= 15 is 0 Å². The predicted octanol–water partition coefficient (Wildman–Crippen LogP) is 4.28. The third-order valence-corrected chi connectivity index (χ3v) is 4.43. The van der Waals surface area contributed by atoms with E-state index in [1.54, 1.807) is 11.3 Å². The lowest BCUT2D eigenvalue weighted by Crippen LogP contribution is -2.02. The van der Waals surface area contributed by atoms with Gasteiger partial charge in [0.15, 0.2) is 0 Å². The van der Waals surface area contributed by atoms with Crippen molar-refractivity contribution in [2.24, 2.45) is 0 Å². The van der Waals surface area contributed by atoms with Crippen LogP contribution in [0.1, 0.15) is 30.1 Å². The molecule has 0 N–H and O–H groups in total. The standard InChI is InChI=1S/C9H10Cl2S/c10-7-3-1-2-6(7)9-8(11)4-5-12-9/h4-7H,1-3H2. The molecule has 0 aromatic carbocycles. The van der Waals surface area contributed by atoms with Gasteiger partial charge >= 0.3 is 0 Å². The lowest BCUT2D eigenvalue weighted by Gasteiger charge is -2.11. The molecule has 0 amide bonds. The van der Waals surface area contributed by atoms with Crippen LogP contribution >= 0.6 is 34.5 Å². The number of rotatable bonds is 1. The molecule has 1 aromatic rings. The molecule has 12 heavy (non-hydrogen) atoms. The van der Waals surface area contributed by atoms with Gasteiger partial charge in [0.1, 0.15) is 0 Å². The molecular formula is C9H10Cl2S. The second-order valence-corrected chi connectivity index (χ2v) is 5.10. The highest BCUT2D eigenvalue weighted by molar-refractivity contribution is 7.10. The summed E-state index contributed by atoms with van der Waals surface area (Å²) in [4.78, 5) is 1.29. The molecule has 1 saturated carbocycles. The third-order valence-electron chi connectivity index (χ3n) is 2.41. The first-order valence-corrected chi connectivity index (χ1v) is 5.85. The van der Waals surface area contributed by atoms with Gasteiger partial charge in [0, 0.05) is 16.2 Å². The van der Waals surface area contributed by atoms with Crippen molar-refractivity contribution in [1.29, 1.82) is 0 Å². The van der Waals surface area contributed by atoms with E-state index in [9.17, 15) is 0 Å². The van der Waals surface area contributed by atoms with Crippen LogP contribution < -0.4 is 0 Å². The lowest BCUT2D eigenvalue weighted by molar-refractivity contribution is 0.745. The van der Waals surface area contributed by atoms with E-state index in [0.29, 0.717) is 11.3 Å². The first-order chi connectivity index (χ1) is 5.79. The zero-order chi connectivity index (χ0) is 8.55. The molecule has 2 rings (SSSR count). The highest BCUT2D eigenvalue weighted by atomic mass is 35.5. The summed E-state index contributed by atoms with van der Waals surface area (Å²) in [6.45, 7) is 0. The Morgan fingerprint density at radius 1 is 1.42 bits per heavy atom. The van der Waals surface area contributed by atoms with Crippen LogP contribution in [0.2, 0.25) is 5.02 Å². The van der Waals surface area contributed by atoms with Gasteiger partial charge in [-0.05, 0) is 24.3 Å². The largest absolute Gasteiger partial charge is 0.147 e. The molecule has 66 valence electrons. The fourth-order valence-corrected chi connectivity index (χ4v) is 3.66. The van der Waals surface area contributed by atoms with E-state index in [4.69, 9.17) is 23.2 Å². The van der Waals surface area contributed by atoms with Crippen molar-refractivity contribution in [1.82, 2.24) is 0 Å². The summed E-state index contributed by atoms with van der Waals surface area (Å²) in [5.41, 5.74) is 0. The second kappa shape index (κ2) is 3.57. The summed E-state index contributed by atoms with van der Waals surface area (Å²) in [6, 6.07) is 1.96. The molecule has 1 aliphatic rings. The number of alkyl halides is 1. The van der Waals surface area contributed by atoms with Crippen molar-refractivity contribution in [3.05, 3.63) is 21.3 Å². The van der Waals surface area contributed by atoms with Gasteiger partial charge in [-0.2, -0.15) is 0 Å². The topological polar surface area (TPSA) is 0 Å². The Hall–Kier alpha value is 0.280. The van der Waals surface area contributed by atoms with Gasteiger partial charge < -0.3 is 0 Å². The van der Waals surface area contributed by atoms with E-state index < -0.39 is 0 Å². The van der Waals surface area contributed by atoms with Crippen LogP contribution in [0.3, 0.4) is 0 Å². The van der Waals surface area contributed by atoms with Crippen LogP contribution in [-0.2, 0) is 0 Å². The third kappa shape index (κ3) is 1.50. The molecule has 0 radical (unpaired) electrons. The maximum Gasteiger partial charge on any atom is 0.0548 e. The van der Waals surface area contributed by atoms with Gasteiger partial charge in [0.2, 0.25) is 0 Å². The minimum atomic E-state index is 0.307. The van der Waals surface area contributed by atoms with E-state index in [-0.39, 0.29) is 0 Å². The quantitative estimate of drug-likeness (QED) is 0.621. The van der Waals surface area contributed by atoms with Crippen molar-refractivity contribution in [3.63, 3.8) is 0 Å². The Kier molecular flexibility index (Phi) is 2.63. The molecular weight excluding hydrogens is 211 g/mol. The molecule has 2 unspecified atom stereocenters. The minimum absolute atomic E-state index is 0.307. The van der Waals surface area contributed by atoms with Crippen molar-refractivity contribution in [2.45, 2.75) is 30.6 Å². The summed E-state index contributed by atoms with van der Waals surface area (Å²) in [7, 11) is 0. The molecule has 3 heteroatoms. The SMILES string of the molecule is Clc1ccsc1C1CCCC1Cl. The Labute approximate surface area is 86.5 Å². The first kappa shape index (κ1) is 8.86. The molecule has 0 saturated heterocycles. The second-order valence-electron chi connectivity index (χ2n) is 3.19. The maximum atomic E-state index is 6.19. The molecule has 1 aliphatic carbocycles. The smallest absolute Gasteiger partial charge is 0.0548 e. The molecule has 0 aliphatic heterocycles. The Morgan fingerprint density at radius 3 is 2.75 bits per heavy atom. The van der Waals surface area contributed by atoms with Gasteiger partial charge in [0.05, 0.1) is 5.02 Å². The fourth-order valence-electron chi connectivity index (χ4n) is 1.78. The van der Waals surface area contributed by atoms with Crippen molar-refractivity contribution in [3.8, 4) is 0 Å². The summed E-state index contributed by atoms with van der Waals surface area (Å²) < 4.78 is 0. The summed E-state index contributed by atoms with van der Waals surface area (Å²) in [5, 5.41) is 3.25. The zero-order valence-electron chi connectivity index (χ0n) is 6.59. The Balaban J connectivity index is 2.24. The number of hydrogen-bond donors (Lipinski definition) is 0. The van der Waals surface area contributed by atoms with E-state index in [0.717, 1.165) is 11.4 Å². The summed E-state index contributed by atoms with van der Waals surface area (Å²) in [5.74, 6) is 0.513. The average molecular weight is 221 g/mol. The van der Waals surface area contributed by atoms with E-state index in [2.05, 4.69) is 0 Å². The van der Waals surface area contributed by atoms with Gasteiger partial charge in [-0.15, -0.1) is 22.9 Å². The van der Waals surface area contributed by atoms with E-state index in [1.165, 1.54) is 17.7 Å². The minimum Gasteiger partial charge on any atom is -0.147 e. The Morgan fingerprint density at radius 2 is 2.25 bits per heavy atom. The first-order valence-electron chi connectivity index (χ1n) is 4.16. The van der Waals surface area contributed by atoms with Crippen LogP contribution in [0.5, 0.6) is 0 Å². The highest BCUT2D eigenvalue weighted by Crippen LogP contribution is 2.43. The normalized spacial score (nSPS) is 29.5. The number of halogens is 2. The van der Waals surface area contributed by atoms with Crippen molar-refractivity contribution >= 4 is 34.5 Å². The van der Waals surface area contributed by atoms with Gasteiger partial charge in [-0.1, -0.05) is 18.0 Å². The molecule has 0 nitrogen and oxygen atoms in total. The predicted molar refractivity (Wildman–Crippen MR) is 55.6 cm³/mol. The molecule has 1 fully saturated rings. The van der Waals surface area contributed by atoms with E-state index in [1.807, 2.05) is 11.4 Å². The van der Waals surface area contributed by atoms with Crippen LogP contribution in [0.15, 0.2) is 11.4 Å². The Bertz CT molecular complexity index is 269. The van der Waals surface area contributed by atoms with Gasteiger partial charge in [-0.25, -0.2) is 0 Å². The van der Waals surface area contributed by atoms with Crippen molar-refractivity contribution in [2.75, 3.05) is 0 Å². The summed E-state index contributed by atoms with van der Waals surface area (Å²) in [6.07, 6.45) is 3.59. The van der Waals surface area contributed by atoms with Gasteiger partial charge in [0.25, 0.3) is 0 Å². The van der Waals surface area contributed by atoms with Crippen LogP contribution in [-0.4, -0.2) is 5.38 Å². The molecule has 1 heterocycles. The lowest BCUT2D eigenvalue weighted by atomic mass is 10.1. The molecule has 0 bridgehead atoms. The monoisotopic (exact) mass is 220 g/mol. The fraction of sp³-hybridized carbons (Fsp3) is 0.556. The molecule has 0 spiro atoms. The van der Waals surface area contributed by atoms with Crippen LogP contribution in [0, 0.1) is 0 Å². The maximum absolute atomic E-state index is 6.19. The molecule has 2 atom stereocenters. The summed E-state index contributed by atoms with van der Waals surface area (Å²) >= 11 is 14.0. The number of hydrogen-bond acceptors (Lipinski definition) is 1. The van der Waals surface area contributed by atoms with Gasteiger partial charge in [-0.3, -0.25) is 0 Å². The average Bonchev–Trinajstić information content (AvgIpc) is 2.59. The highest BCUT2D eigenvalue weighted by Gasteiger charge is 2.28. The zero-order valence-corrected chi connectivity index (χ0v) is 8.92. The molecule has 1 aromatic heterocycles. The van der Waals surface area contributed by atoms with Crippen molar-refractivity contribution < 1.29 is 0 Å².